The lowest BCUT2D eigenvalue weighted by Gasteiger charge is -2.30. The Balaban J connectivity index is 2.40. The molecule has 2 rings (SSSR count). The number of nitrogens with zero attached hydrogens (tertiary/aromatic N) is 1. The summed E-state index contributed by atoms with van der Waals surface area (Å²) in [6.45, 7) is 0. The molecule has 1 aromatic carbocycles. The Morgan fingerprint density at radius 1 is 1.36 bits per heavy atom. The zero-order valence-corrected chi connectivity index (χ0v) is 8.83. The molecule has 1 atom stereocenters. The summed E-state index contributed by atoms with van der Waals surface area (Å²) in [6.07, 6.45) is 3.55. The van der Waals surface area contributed by atoms with Gasteiger partial charge in [-0.3, -0.25) is 0 Å². The van der Waals surface area contributed by atoms with Gasteiger partial charge in [-0.15, -0.1) is 0 Å². The SMILES string of the molecule is CN(C)C1CCCc2cc(O)ccc21. The highest BCUT2D eigenvalue weighted by atomic mass is 16.3. The molecule has 1 N–H and O–H groups in total. The van der Waals surface area contributed by atoms with E-state index in [4.69, 9.17) is 0 Å². The van der Waals surface area contributed by atoms with Crippen LogP contribution in [0.25, 0.3) is 0 Å². The molecule has 76 valence electrons. The molecule has 0 radical (unpaired) electrons. The maximum absolute atomic E-state index is 9.40. The fraction of sp³-hybridized carbons (Fsp3) is 0.500. The van der Waals surface area contributed by atoms with Crippen LogP contribution in [0, 0.1) is 0 Å². The van der Waals surface area contributed by atoms with Crippen LogP contribution >= 0.6 is 0 Å². The van der Waals surface area contributed by atoms with E-state index < -0.39 is 0 Å². The molecule has 0 amide bonds. The predicted molar refractivity (Wildman–Crippen MR) is 57.5 cm³/mol. The summed E-state index contributed by atoms with van der Waals surface area (Å²) in [5.41, 5.74) is 2.70. The first kappa shape index (κ1) is 9.53. The van der Waals surface area contributed by atoms with Crippen molar-refractivity contribution in [3.63, 3.8) is 0 Å². The molecule has 0 saturated heterocycles. The van der Waals surface area contributed by atoms with Crippen molar-refractivity contribution in [3.8, 4) is 5.75 Å². The number of hydrogen-bond acceptors (Lipinski definition) is 2. The molecular formula is C12H17NO. The van der Waals surface area contributed by atoms with Crippen LogP contribution in [-0.2, 0) is 6.42 Å². The number of phenolic OH excluding ortho intramolecular Hbond substituents is 1. The van der Waals surface area contributed by atoms with E-state index in [1.165, 1.54) is 24.0 Å². The number of phenols is 1. The van der Waals surface area contributed by atoms with Gasteiger partial charge in [0, 0.05) is 6.04 Å². The third kappa shape index (κ3) is 1.62. The number of fused-ring (bicyclic) bond motifs is 1. The summed E-state index contributed by atoms with van der Waals surface area (Å²) < 4.78 is 0. The van der Waals surface area contributed by atoms with Crippen molar-refractivity contribution in [1.82, 2.24) is 4.90 Å². The molecule has 0 aliphatic heterocycles. The molecule has 0 bridgehead atoms. The fourth-order valence-electron chi connectivity index (χ4n) is 2.31. The average molecular weight is 191 g/mol. The van der Waals surface area contributed by atoms with Crippen LogP contribution < -0.4 is 0 Å². The van der Waals surface area contributed by atoms with Gasteiger partial charge in [-0.1, -0.05) is 6.07 Å². The molecule has 1 aliphatic carbocycles. The highest BCUT2D eigenvalue weighted by Gasteiger charge is 2.21. The van der Waals surface area contributed by atoms with E-state index in [9.17, 15) is 5.11 Å². The van der Waals surface area contributed by atoms with Gasteiger partial charge in [0.1, 0.15) is 5.75 Å². The van der Waals surface area contributed by atoms with E-state index >= 15 is 0 Å². The second kappa shape index (κ2) is 3.62. The summed E-state index contributed by atoms with van der Waals surface area (Å²) in [5.74, 6) is 0.392. The molecule has 0 spiro atoms. The van der Waals surface area contributed by atoms with Crippen LogP contribution in [-0.4, -0.2) is 24.1 Å². The molecule has 1 aliphatic rings. The van der Waals surface area contributed by atoms with Crippen molar-refractivity contribution >= 4 is 0 Å². The largest absolute Gasteiger partial charge is 0.508 e. The smallest absolute Gasteiger partial charge is 0.115 e. The summed E-state index contributed by atoms with van der Waals surface area (Å²) in [6, 6.07) is 6.29. The number of rotatable bonds is 1. The molecule has 0 fully saturated rings. The minimum Gasteiger partial charge on any atom is -0.508 e. The van der Waals surface area contributed by atoms with Crippen molar-refractivity contribution in [3.05, 3.63) is 29.3 Å². The second-order valence-corrected chi connectivity index (χ2v) is 4.25. The van der Waals surface area contributed by atoms with Gasteiger partial charge in [-0.05, 0) is 56.6 Å². The number of aromatic hydroxyl groups is 1. The number of benzene rings is 1. The lowest BCUT2D eigenvalue weighted by Crippen LogP contribution is -2.23. The van der Waals surface area contributed by atoms with E-state index in [0.29, 0.717) is 11.8 Å². The Hall–Kier alpha value is -1.02. The van der Waals surface area contributed by atoms with Crippen molar-refractivity contribution in [2.24, 2.45) is 0 Å². The minimum absolute atomic E-state index is 0.392. The summed E-state index contributed by atoms with van der Waals surface area (Å²) in [7, 11) is 4.24. The molecule has 0 saturated carbocycles. The van der Waals surface area contributed by atoms with Crippen molar-refractivity contribution in [2.75, 3.05) is 14.1 Å². The van der Waals surface area contributed by atoms with Crippen molar-refractivity contribution in [1.29, 1.82) is 0 Å². The third-order valence-corrected chi connectivity index (χ3v) is 3.03. The number of hydrogen-bond donors (Lipinski definition) is 1. The lowest BCUT2D eigenvalue weighted by molar-refractivity contribution is 0.268. The molecule has 0 heterocycles. The molecule has 0 aromatic heterocycles. The van der Waals surface area contributed by atoms with E-state index in [2.05, 4.69) is 25.1 Å². The first-order valence-electron chi connectivity index (χ1n) is 5.16. The van der Waals surface area contributed by atoms with Crippen LogP contribution in [0.15, 0.2) is 18.2 Å². The quantitative estimate of drug-likeness (QED) is 0.736. The van der Waals surface area contributed by atoms with E-state index in [-0.39, 0.29) is 0 Å². The highest BCUT2D eigenvalue weighted by molar-refractivity contribution is 5.38. The van der Waals surface area contributed by atoms with Gasteiger partial charge in [0.05, 0.1) is 0 Å². The van der Waals surface area contributed by atoms with Gasteiger partial charge >= 0.3 is 0 Å². The van der Waals surface area contributed by atoms with Crippen LogP contribution in [0.1, 0.15) is 30.0 Å². The lowest BCUT2D eigenvalue weighted by atomic mass is 9.87. The molecule has 14 heavy (non-hydrogen) atoms. The van der Waals surface area contributed by atoms with Crippen LogP contribution in [0.5, 0.6) is 5.75 Å². The monoisotopic (exact) mass is 191 g/mol. The van der Waals surface area contributed by atoms with Gasteiger partial charge in [-0.2, -0.15) is 0 Å². The average Bonchev–Trinajstić information content (AvgIpc) is 2.16. The molecule has 2 heteroatoms. The fourth-order valence-corrected chi connectivity index (χ4v) is 2.31. The first-order chi connectivity index (χ1) is 6.68. The van der Waals surface area contributed by atoms with Gasteiger partial charge in [0.25, 0.3) is 0 Å². The summed E-state index contributed by atoms with van der Waals surface area (Å²) >= 11 is 0. The zero-order chi connectivity index (χ0) is 10.1. The summed E-state index contributed by atoms with van der Waals surface area (Å²) in [4.78, 5) is 2.26. The molecular weight excluding hydrogens is 174 g/mol. The standard InChI is InChI=1S/C12H17NO/c1-13(2)12-5-3-4-9-8-10(14)6-7-11(9)12/h6-8,12,14H,3-5H2,1-2H3. The Morgan fingerprint density at radius 3 is 2.86 bits per heavy atom. The third-order valence-electron chi connectivity index (χ3n) is 3.03. The summed E-state index contributed by atoms with van der Waals surface area (Å²) in [5, 5.41) is 9.40. The molecule has 2 nitrogen and oxygen atoms in total. The van der Waals surface area contributed by atoms with Crippen LogP contribution in [0.2, 0.25) is 0 Å². The Labute approximate surface area is 85.2 Å². The Morgan fingerprint density at radius 2 is 2.14 bits per heavy atom. The van der Waals surface area contributed by atoms with Crippen LogP contribution in [0.4, 0.5) is 0 Å². The van der Waals surface area contributed by atoms with Gasteiger partial charge in [-0.25, -0.2) is 0 Å². The predicted octanol–water partition coefficient (Wildman–Crippen LogP) is 2.33. The highest BCUT2D eigenvalue weighted by Crippen LogP contribution is 2.34. The maximum atomic E-state index is 9.40. The van der Waals surface area contributed by atoms with E-state index in [1.807, 2.05) is 6.07 Å². The van der Waals surface area contributed by atoms with E-state index in [1.54, 1.807) is 6.07 Å². The van der Waals surface area contributed by atoms with Gasteiger partial charge < -0.3 is 10.0 Å². The van der Waals surface area contributed by atoms with Gasteiger partial charge in [0.15, 0.2) is 0 Å². The molecule has 1 aromatic rings. The maximum Gasteiger partial charge on any atom is 0.115 e. The van der Waals surface area contributed by atoms with E-state index in [0.717, 1.165) is 6.42 Å². The normalized spacial score (nSPS) is 20.9. The number of aryl methyl sites for hydroxylation is 1. The van der Waals surface area contributed by atoms with Gasteiger partial charge in [0.2, 0.25) is 0 Å². The Kier molecular flexibility index (Phi) is 2.46. The van der Waals surface area contributed by atoms with Crippen molar-refractivity contribution < 1.29 is 5.11 Å². The van der Waals surface area contributed by atoms with Crippen LogP contribution in [0.3, 0.4) is 0 Å². The molecule has 1 unspecified atom stereocenters. The van der Waals surface area contributed by atoms with Crippen molar-refractivity contribution in [2.45, 2.75) is 25.3 Å². The first-order valence-corrected chi connectivity index (χ1v) is 5.16. The Bertz CT molecular complexity index is 333. The zero-order valence-electron chi connectivity index (χ0n) is 8.83. The minimum atomic E-state index is 0.392. The second-order valence-electron chi connectivity index (χ2n) is 4.25. The topological polar surface area (TPSA) is 23.5 Å².